The number of carbonyl (C=O) groups excluding carboxylic acids is 2. The highest BCUT2D eigenvalue weighted by molar-refractivity contribution is 7.12. The van der Waals surface area contributed by atoms with Crippen molar-refractivity contribution in [2.24, 2.45) is 0 Å². The molecule has 0 aliphatic rings. The number of hydrogen-bond donors (Lipinski definition) is 0. The van der Waals surface area contributed by atoms with Crippen LogP contribution >= 0.6 is 11.3 Å². The molecular formula is C25H19NO4S. The van der Waals surface area contributed by atoms with Crippen molar-refractivity contribution >= 4 is 23.1 Å². The van der Waals surface area contributed by atoms with Crippen LogP contribution in [0, 0.1) is 0 Å². The molecule has 6 heteroatoms. The van der Waals surface area contributed by atoms with Crippen LogP contribution in [0.25, 0.3) is 0 Å². The number of carbonyl (C=O) groups is 2. The maximum atomic E-state index is 12.7. The molecule has 4 rings (SSSR count). The van der Waals surface area contributed by atoms with Crippen LogP contribution in [-0.2, 0) is 18.0 Å². The summed E-state index contributed by atoms with van der Waals surface area (Å²) < 4.78 is 11.2. The van der Waals surface area contributed by atoms with Crippen molar-refractivity contribution in [3.8, 4) is 5.75 Å². The SMILES string of the molecule is O=C(OCc1ccc(OCc2ccccn2)cc1)c1ccccc1C(=O)c1cccs1. The van der Waals surface area contributed by atoms with E-state index in [4.69, 9.17) is 9.47 Å². The van der Waals surface area contributed by atoms with E-state index in [0.717, 1.165) is 11.3 Å². The zero-order chi connectivity index (χ0) is 21.5. The zero-order valence-corrected chi connectivity index (χ0v) is 17.4. The fraction of sp³-hybridized carbons (Fsp3) is 0.0800. The maximum Gasteiger partial charge on any atom is 0.339 e. The third-order valence-electron chi connectivity index (χ3n) is 4.54. The largest absolute Gasteiger partial charge is 0.487 e. The molecule has 0 spiro atoms. The molecule has 154 valence electrons. The predicted octanol–water partition coefficient (Wildman–Crippen LogP) is 5.31. The molecule has 0 unspecified atom stereocenters. The van der Waals surface area contributed by atoms with Crippen LogP contribution in [0.3, 0.4) is 0 Å². The molecule has 0 radical (unpaired) electrons. The Morgan fingerprint density at radius 1 is 0.806 bits per heavy atom. The van der Waals surface area contributed by atoms with Crippen LogP contribution in [0.15, 0.2) is 90.4 Å². The lowest BCUT2D eigenvalue weighted by atomic mass is 10.0. The van der Waals surface area contributed by atoms with Gasteiger partial charge >= 0.3 is 5.97 Å². The van der Waals surface area contributed by atoms with Gasteiger partial charge in [0.2, 0.25) is 5.78 Å². The van der Waals surface area contributed by atoms with Gasteiger partial charge in [0.25, 0.3) is 0 Å². The van der Waals surface area contributed by atoms with Crippen LogP contribution in [0.1, 0.15) is 36.9 Å². The summed E-state index contributed by atoms with van der Waals surface area (Å²) in [7, 11) is 0. The van der Waals surface area contributed by atoms with Crippen molar-refractivity contribution in [2.75, 3.05) is 0 Å². The summed E-state index contributed by atoms with van der Waals surface area (Å²) in [5.41, 5.74) is 2.27. The first-order valence-corrected chi connectivity index (χ1v) is 10.5. The first-order valence-electron chi connectivity index (χ1n) is 9.67. The van der Waals surface area contributed by atoms with Gasteiger partial charge in [-0.15, -0.1) is 11.3 Å². The van der Waals surface area contributed by atoms with Crippen LogP contribution in [0.4, 0.5) is 0 Å². The maximum absolute atomic E-state index is 12.7. The van der Waals surface area contributed by atoms with Gasteiger partial charge in [-0.1, -0.05) is 42.5 Å². The normalized spacial score (nSPS) is 10.5. The minimum atomic E-state index is -0.531. The summed E-state index contributed by atoms with van der Waals surface area (Å²) in [4.78, 5) is 30.1. The third kappa shape index (κ3) is 5.24. The number of ether oxygens (including phenoxy) is 2. The third-order valence-corrected chi connectivity index (χ3v) is 5.41. The van der Waals surface area contributed by atoms with E-state index in [9.17, 15) is 9.59 Å². The molecule has 0 N–H and O–H groups in total. The van der Waals surface area contributed by atoms with E-state index in [-0.39, 0.29) is 18.0 Å². The fourth-order valence-corrected chi connectivity index (χ4v) is 3.63. The number of pyridine rings is 1. The van der Waals surface area contributed by atoms with Crippen LogP contribution in [0.5, 0.6) is 5.75 Å². The summed E-state index contributed by atoms with van der Waals surface area (Å²) in [6, 6.07) is 23.2. The number of esters is 1. The predicted molar refractivity (Wildman–Crippen MR) is 118 cm³/mol. The van der Waals surface area contributed by atoms with Crippen molar-refractivity contribution in [1.29, 1.82) is 0 Å². The van der Waals surface area contributed by atoms with E-state index in [1.807, 2.05) is 53.9 Å². The number of thiophene rings is 1. The van der Waals surface area contributed by atoms with Gasteiger partial charge in [0, 0.05) is 11.8 Å². The second kappa shape index (κ2) is 9.82. The Labute approximate surface area is 183 Å². The van der Waals surface area contributed by atoms with E-state index < -0.39 is 5.97 Å². The van der Waals surface area contributed by atoms with E-state index >= 15 is 0 Å². The lowest BCUT2D eigenvalue weighted by molar-refractivity contribution is 0.0470. The lowest BCUT2D eigenvalue weighted by Gasteiger charge is -2.10. The standard InChI is InChI=1S/C25H19NO4S/c27-24(23-9-5-15-31-23)21-7-1-2-8-22(21)25(28)30-16-18-10-12-20(13-11-18)29-17-19-6-3-4-14-26-19/h1-15H,16-17H2. The van der Waals surface area contributed by atoms with Crippen LogP contribution < -0.4 is 4.74 Å². The Hall–Kier alpha value is -3.77. The highest BCUT2D eigenvalue weighted by Crippen LogP contribution is 2.20. The highest BCUT2D eigenvalue weighted by atomic mass is 32.1. The van der Waals surface area contributed by atoms with Gasteiger partial charge in [0.05, 0.1) is 16.1 Å². The molecule has 0 aliphatic heterocycles. The van der Waals surface area contributed by atoms with Gasteiger partial charge in [-0.05, 0) is 47.3 Å². The average Bonchev–Trinajstić information content (AvgIpc) is 3.37. The molecule has 4 aromatic rings. The van der Waals surface area contributed by atoms with Gasteiger partial charge in [-0.2, -0.15) is 0 Å². The Bertz CT molecular complexity index is 1160. The van der Waals surface area contributed by atoms with Crippen LogP contribution in [-0.4, -0.2) is 16.7 Å². The Balaban J connectivity index is 1.36. The number of hydrogen-bond acceptors (Lipinski definition) is 6. The second-order valence-corrected chi connectivity index (χ2v) is 7.63. The molecule has 2 aromatic heterocycles. The summed E-state index contributed by atoms with van der Waals surface area (Å²) in [5.74, 6) is -0.0134. The molecular weight excluding hydrogens is 410 g/mol. The monoisotopic (exact) mass is 429 g/mol. The fourth-order valence-electron chi connectivity index (χ4n) is 2.95. The smallest absolute Gasteiger partial charge is 0.339 e. The number of benzene rings is 2. The molecule has 0 bridgehead atoms. The number of aromatic nitrogens is 1. The molecule has 0 saturated heterocycles. The number of ketones is 1. The van der Waals surface area contributed by atoms with Crippen LogP contribution in [0.2, 0.25) is 0 Å². The molecule has 0 aliphatic carbocycles. The van der Waals surface area contributed by atoms with Crippen molar-refractivity contribution < 1.29 is 19.1 Å². The zero-order valence-electron chi connectivity index (χ0n) is 16.6. The number of nitrogens with zero attached hydrogens (tertiary/aromatic N) is 1. The van der Waals surface area contributed by atoms with E-state index in [0.29, 0.717) is 22.8 Å². The average molecular weight is 429 g/mol. The van der Waals surface area contributed by atoms with Gasteiger partial charge in [-0.25, -0.2) is 4.79 Å². The molecule has 2 heterocycles. The van der Waals surface area contributed by atoms with E-state index in [2.05, 4.69) is 4.98 Å². The minimum absolute atomic E-state index is 0.0981. The van der Waals surface area contributed by atoms with Crippen molar-refractivity contribution in [1.82, 2.24) is 4.98 Å². The summed E-state index contributed by atoms with van der Waals surface area (Å²) in [6.45, 7) is 0.477. The van der Waals surface area contributed by atoms with Gasteiger partial charge in [-0.3, -0.25) is 9.78 Å². The summed E-state index contributed by atoms with van der Waals surface area (Å²) in [6.07, 6.45) is 1.72. The van der Waals surface area contributed by atoms with Gasteiger partial charge in [0.1, 0.15) is 19.0 Å². The quantitative estimate of drug-likeness (QED) is 0.281. The lowest BCUT2D eigenvalue weighted by Crippen LogP contribution is -2.12. The van der Waals surface area contributed by atoms with Crippen molar-refractivity contribution in [3.63, 3.8) is 0 Å². The molecule has 0 amide bonds. The topological polar surface area (TPSA) is 65.5 Å². The summed E-state index contributed by atoms with van der Waals surface area (Å²) >= 11 is 1.34. The van der Waals surface area contributed by atoms with Gasteiger partial charge < -0.3 is 9.47 Å². The molecule has 2 aromatic carbocycles. The molecule has 0 fully saturated rings. The Morgan fingerprint density at radius 2 is 1.58 bits per heavy atom. The van der Waals surface area contributed by atoms with E-state index in [1.165, 1.54) is 11.3 Å². The molecule has 0 saturated carbocycles. The highest BCUT2D eigenvalue weighted by Gasteiger charge is 2.19. The first kappa shape index (κ1) is 20.5. The van der Waals surface area contributed by atoms with Crippen molar-refractivity contribution in [2.45, 2.75) is 13.2 Å². The van der Waals surface area contributed by atoms with Crippen molar-refractivity contribution in [3.05, 3.63) is 118 Å². The number of rotatable bonds is 8. The minimum Gasteiger partial charge on any atom is -0.487 e. The first-order chi connectivity index (χ1) is 15.2. The molecule has 5 nitrogen and oxygen atoms in total. The van der Waals surface area contributed by atoms with Gasteiger partial charge in [0.15, 0.2) is 0 Å². The Kier molecular flexibility index (Phi) is 6.50. The second-order valence-electron chi connectivity index (χ2n) is 6.68. The van der Waals surface area contributed by atoms with E-state index in [1.54, 1.807) is 36.5 Å². The Morgan fingerprint density at radius 3 is 2.29 bits per heavy atom. The molecule has 31 heavy (non-hydrogen) atoms. The summed E-state index contributed by atoms with van der Waals surface area (Å²) in [5, 5.41) is 1.83. The molecule has 0 atom stereocenters.